The first-order valence-corrected chi connectivity index (χ1v) is 6.85. The second-order valence-corrected chi connectivity index (χ2v) is 5.21. The van der Waals surface area contributed by atoms with Crippen LogP contribution in [0.2, 0.25) is 0 Å². The molecule has 0 atom stereocenters. The Morgan fingerprint density at radius 2 is 1.94 bits per heavy atom. The van der Waals surface area contributed by atoms with Gasteiger partial charge < -0.3 is 0 Å². The fourth-order valence-corrected chi connectivity index (χ4v) is 2.56. The molecule has 0 bridgehead atoms. The monoisotopic (exact) mass is 264 g/mol. The van der Waals surface area contributed by atoms with E-state index in [1.807, 2.05) is 18.2 Å². The molecule has 0 aliphatic heterocycles. The van der Waals surface area contributed by atoms with Gasteiger partial charge in [-0.1, -0.05) is 37.6 Å². The van der Waals surface area contributed by atoms with E-state index in [0.717, 1.165) is 36.4 Å². The highest BCUT2D eigenvalue weighted by Crippen LogP contribution is 2.13. The van der Waals surface area contributed by atoms with Crippen molar-refractivity contribution in [3.05, 3.63) is 55.5 Å². The molecule has 1 aromatic heterocycles. The third-order valence-electron chi connectivity index (χ3n) is 2.86. The SMILES string of the molecule is CCCCc1ccccc1Cn1sc(=O)[nH]c1=O. The number of rotatable bonds is 5. The molecule has 1 heterocycles. The number of nitrogens with zero attached hydrogens (tertiary/aromatic N) is 1. The molecule has 0 amide bonds. The average molecular weight is 264 g/mol. The number of aromatic nitrogens is 2. The number of hydrogen-bond acceptors (Lipinski definition) is 3. The van der Waals surface area contributed by atoms with Crippen LogP contribution in [0.4, 0.5) is 0 Å². The van der Waals surface area contributed by atoms with E-state index in [2.05, 4.69) is 18.0 Å². The molecule has 96 valence electrons. The highest BCUT2D eigenvalue weighted by Gasteiger charge is 2.06. The number of aromatic amines is 1. The van der Waals surface area contributed by atoms with Gasteiger partial charge in [0.1, 0.15) is 0 Å². The summed E-state index contributed by atoms with van der Waals surface area (Å²) >= 11 is 0.935. The molecule has 0 fully saturated rings. The molecule has 0 saturated heterocycles. The summed E-state index contributed by atoms with van der Waals surface area (Å²) in [5.41, 5.74) is 2.05. The van der Waals surface area contributed by atoms with Crippen LogP contribution in [0.1, 0.15) is 30.9 Å². The lowest BCUT2D eigenvalue weighted by atomic mass is 10.0. The number of benzene rings is 1. The van der Waals surface area contributed by atoms with Crippen LogP contribution in [0.5, 0.6) is 0 Å². The Morgan fingerprint density at radius 1 is 1.22 bits per heavy atom. The molecule has 0 spiro atoms. The van der Waals surface area contributed by atoms with Crippen LogP contribution in [-0.2, 0) is 13.0 Å². The fraction of sp³-hybridized carbons (Fsp3) is 0.385. The first kappa shape index (κ1) is 12.8. The molecule has 2 rings (SSSR count). The topological polar surface area (TPSA) is 54.9 Å². The summed E-state index contributed by atoms with van der Waals surface area (Å²) in [6.07, 6.45) is 3.29. The van der Waals surface area contributed by atoms with E-state index in [1.165, 1.54) is 9.52 Å². The number of hydrogen-bond donors (Lipinski definition) is 1. The Kier molecular flexibility index (Phi) is 4.15. The summed E-state index contributed by atoms with van der Waals surface area (Å²) in [7, 11) is 0. The maximum atomic E-state index is 11.5. The van der Waals surface area contributed by atoms with Gasteiger partial charge in [-0.05, 0) is 24.0 Å². The van der Waals surface area contributed by atoms with E-state index in [4.69, 9.17) is 0 Å². The van der Waals surface area contributed by atoms with Crippen molar-refractivity contribution in [2.45, 2.75) is 32.7 Å². The van der Waals surface area contributed by atoms with Crippen LogP contribution >= 0.6 is 11.5 Å². The molecule has 18 heavy (non-hydrogen) atoms. The van der Waals surface area contributed by atoms with Gasteiger partial charge in [-0.2, -0.15) is 0 Å². The predicted molar refractivity (Wildman–Crippen MR) is 73.4 cm³/mol. The first-order chi connectivity index (χ1) is 8.70. The molecular weight excluding hydrogens is 248 g/mol. The van der Waals surface area contributed by atoms with Gasteiger partial charge in [0.2, 0.25) is 0 Å². The zero-order chi connectivity index (χ0) is 13.0. The molecule has 4 nitrogen and oxygen atoms in total. The van der Waals surface area contributed by atoms with Gasteiger partial charge in [-0.25, -0.2) is 8.75 Å². The lowest BCUT2D eigenvalue weighted by Gasteiger charge is -2.08. The van der Waals surface area contributed by atoms with E-state index in [-0.39, 0.29) is 10.6 Å². The van der Waals surface area contributed by atoms with Gasteiger partial charge in [0, 0.05) is 11.5 Å². The summed E-state index contributed by atoms with van der Waals surface area (Å²) in [5, 5.41) is 0. The molecule has 2 aromatic rings. The lowest BCUT2D eigenvalue weighted by molar-refractivity contribution is 0.764. The third kappa shape index (κ3) is 2.98. The Bertz CT molecular complexity index is 624. The van der Waals surface area contributed by atoms with Crippen molar-refractivity contribution in [2.75, 3.05) is 0 Å². The van der Waals surface area contributed by atoms with Crippen LogP contribution < -0.4 is 10.6 Å². The second-order valence-electron chi connectivity index (χ2n) is 4.22. The van der Waals surface area contributed by atoms with Crippen molar-refractivity contribution in [1.82, 2.24) is 8.94 Å². The Balaban J connectivity index is 2.25. The zero-order valence-electron chi connectivity index (χ0n) is 10.3. The van der Waals surface area contributed by atoms with Crippen molar-refractivity contribution in [3.63, 3.8) is 0 Å². The Labute approximate surface area is 109 Å². The average Bonchev–Trinajstić information content (AvgIpc) is 2.67. The van der Waals surface area contributed by atoms with E-state index in [1.54, 1.807) is 0 Å². The molecule has 0 radical (unpaired) electrons. The van der Waals surface area contributed by atoms with E-state index in [9.17, 15) is 9.59 Å². The van der Waals surface area contributed by atoms with E-state index in [0.29, 0.717) is 6.54 Å². The highest BCUT2D eigenvalue weighted by atomic mass is 32.1. The minimum atomic E-state index is -0.324. The maximum Gasteiger partial charge on any atom is 0.338 e. The Morgan fingerprint density at radius 3 is 2.56 bits per heavy atom. The molecule has 5 heteroatoms. The van der Waals surface area contributed by atoms with Gasteiger partial charge in [-0.15, -0.1) is 0 Å². The highest BCUT2D eigenvalue weighted by molar-refractivity contribution is 7.03. The summed E-state index contributed by atoms with van der Waals surface area (Å²) in [6.45, 7) is 2.63. The first-order valence-electron chi connectivity index (χ1n) is 6.08. The molecule has 0 saturated carbocycles. The van der Waals surface area contributed by atoms with Crippen LogP contribution in [0.15, 0.2) is 33.9 Å². The van der Waals surface area contributed by atoms with Crippen molar-refractivity contribution >= 4 is 11.5 Å². The van der Waals surface area contributed by atoms with Crippen molar-refractivity contribution in [2.24, 2.45) is 0 Å². The van der Waals surface area contributed by atoms with Crippen molar-refractivity contribution in [3.8, 4) is 0 Å². The second kappa shape index (κ2) is 5.82. The smallest absolute Gasteiger partial charge is 0.263 e. The maximum absolute atomic E-state index is 11.5. The van der Waals surface area contributed by atoms with Crippen LogP contribution in [-0.4, -0.2) is 8.94 Å². The minimum Gasteiger partial charge on any atom is -0.263 e. The van der Waals surface area contributed by atoms with Crippen LogP contribution in [0.25, 0.3) is 0 Å². The van der Waals surface area contributed by atoms with Gasteiger partial charge >= 0.3 is 10.6 Å². The van der Waals surface area contributed by atoms with E-state index >= 15 is 0 Å². The summed E-state index contributed by atoms with van der Waals surface area (Å²) in [4.78, 5) is 24.5. The minimum absolute atomic E-state index is 0.300. The quantitative estimate of drug-likeness (QED) is 0.898. The molecule has 0 unspecified atom stereocenters. The number of nitrogens with one attached hydrogen (secondary N) is 1. The van der Waals surface area contributed by atoms with Crippen LogP contribution in [0.3, 0.4) is 0 Å². The number of unbranched alkanes of at least 4 members (excludes halogenated alkanes) is 1. The van der Waals surface area contributed by atoms with Gasteiger partial charge in [-0.3, -0.25) is 9.78 Å². The molecule has 0 aliphatic carbocycles. The molecular formula is C13H16N2O2S. The summed E-state index contributed by atoms with van der Waals surface area (Å²) in [5.74, 6) is 0. The normalized spacial score (nSPS) is 10.7. The van der Waals surface area contributed by atoms with Gasteiger partial charge in [0.25, 0.3) is 0 Å². The molecule has 1 N–H and O–H groups in total. The zero-order valence-corrected chi connectivity index (χ0v) is 11.1. The summed E-state index contributed by atoms with van der Waals surface area (Å²) in [6, 6.07) is 8.08. The van der Waals surface area contributed by atoms with Crippen molar-refractivity contribution < 1.29 is 0 Å². The number of aryl methyl sites for hydroxylation is 1. The van der Waals surface area contributed by atoms with E-state index < -0.39 is 0 Å². The van der Waals surface area contributed by atoms with Gasteiger partial charge in [0.15, 0.2) is 0 Å². The predicted octanol–water partition coefficient (Wildman–Crippen LogP) is 1.99. The van der Waals surface area contributed by atoms with Gasteiger partial charge in [0.05, 0.1) is 6.54 Å². The Hall–Kier alpha value is -1.62. The molecule has 1 aromatic carbocycles. The van der Waals surface area contributed by atoms with Crippen LogP contribution in [0, 0.1) is 0 Å². The fourth-order valence-electron chi connectivity index (χ4n) is 1.90. The third-order valence-corrected chi connectivity index (χ3v) is 3.64. The standard InChI is InChI=1S/C13H16N2O2S/c1-2-3-6-10-7-4-5-8-11(10)9-15-12(16)14-13(17)18-15/h4-5,7-8H,2-3,6,9H2,1H3,(H,14,16,17). The largest absolute Gasteiger partial charge is 0.338 e. The number of H-pyrrole nitrogens is 1. The lowest BCUT2D eigenvalue weighted by Crippen LogP contribution is -2.17. The van der Waals surface area contributed by atoms with Crippen molar-refractivity contribution in [1.29, 1.82) is 0 Å². The summed E-state index contributed by atoms with van der Waals surface area (Å²) < 4.78 is 1.47. The molecule has 0 aliphatic rings.